The summed E-state index contributed by atoms with van der Waals surface area (Å²) in [4.78, 5) is 22.1. The fourth-order valence-corrected chi connectivity index (χ4v) is 1.73. The minimum Gasteiger partial charge on any atom is -0.769 e. The summed E-state index contributed by atoms with van der Waals surface area (Å²) in [5.41, 5.74) is 20.2. The molecule has 0 aliphatic rings. The molecule has 0 aliphatic carbocycles. The molecule has 0 saturated heterocycles. The first-order valence-electron chi connectivity index (χ1n) is 7.53. The zero-order valence-electron chi connectivity index (χ0n) is 14.9. The summed E-state index contributed by atoms with van der Waals surface area (Å²) >= 11 is 0. The van der Waals surface area contributed by atoms with Gasteiger partial charge in [-0.3, -0.25) is 9.36 Å². The third kappa shape index (κ3) is 15.8. The van der Waals surface area contributed by atoms with Gasteiger partial charge in [0.1, 0.15) is 0 Å². The molecule has 0 aliphatic heterocycles. The van der Waals surface area contributed by atoms with Crippen molar-refractivity contribution in [1.29, 1.82) is 0 Å². The van der Waals surface area contributed by atoms with E-state index in [0.29, 0.717) is 12.0 Å². The molecule has 1 amide bonds. The second kappa shape index (κ2) is 14.8. The van der Waals surface area contributed by atoms with Crippen LogP contribution in [0.3, 0.4) is 0 Å². The second-order valence-electron chi connectivity index (χ2n) is 4.31. The van der Waals surface area contributed by atoms with Gasteiger partial charge in [-0.1, -0.05) is 12.7 Å². The molecular formula is C21H15NO4P-. The fraction of sp³-hybridized carbons (Fsp3) is 0.238. The molecule has 0 rings (SSSR count). The molecule has 1 unspecified atom stereocenters. The molecule has 0 saturated carbocycles. The Morgan fingerprint density at radius 2 is 1.78 bits per heavy atom. The van der Waals surface area contributed by atoms with Crippen molar-refractivity contribution in [3.8, 4) is 35.3 Å². The van der Waals surface area contributed by atoms with Crippen LogP contribution in [0.4, 0.5) is 0 Å². The number of hydrogen-bond donors (Lipinski definition) is 1. The Morgan fingerprint density at radius 3 is 2.44 bits per heavy atom. The van der Waals surface area contributed by atoms with Crippen LogP contribution in [0.25, 0.3) is 0 Å². The van der Waals surface area contributed by atoms with E-state index in [9.17, 15) is 14.3 Å². The molecule has 0 heterocycles. The Bertz CT molecular complexity index is 1070. The summed E-state index contributed by atoms with van der Waals surface area (Å²) in [6.45, 7) is 6.37. The third-order valence-corrected chi connectivity index (χ3v) is 3.14. The summed E-state index contributed by atoms with van der Waals surface area (Å²) in [6, 6.07) is 0. The molecule has 0 bridgehead atoms. The van der Waals surface area contributed by atoms with Gasteiger partial charge in [-0.25, -0.2) is 0 Å². The summed E-state index contributed by atoms with van der Waals surface area (Å²) < 4.78 is 16.0. The average Bonchev–Trinajstić information content (AvgIpc) is 2.62. The predicted molar refractivity (Wildman–Crippen MR) is 99.6 cm³/mol. The van der Waals surface area contributed by atoms with E-state index in [1.165, 1.54) is 6.92 Å². The number of carbonyl (C=O) groups is 1. The van der Waals surface area contributed by atoms with E-state index in [1.54, 1.807) is 0 Å². The van der Waals surface area contributed by atoms with Crippen molar-refractivity contribution >= 4 is 13.5 Å². The fourth-order valence-electron chi connectivity index (χ4n) is 1.14. The maximum atomic E-state index is 11.4. The van der Waals surface area contributed by atoms with Gasteiger partial charge in [0.05, 0.1) is 12.2 Å². The predicted octanol–water partition coefficient (Wildman–Crippen LogP) is 1.71. The molecule has 0 fully saturated rings. The molecule has 5 nitrogen and oxygen atoms in total. The van der Waals surface area contributed by atoms with Crippen molar-refractivity contribution in [3.63, 3.8) is 0 Å². The quantitative estimate of drug-likeness (QED) is 0.343. The zero-order chi connectivity index (χ0) is 20.4. The summed E-state index contributed by atoms with van der Waals surface area (Å²) in [5, 5.41) is 2.39. The Hall–Kier alpha value is -3.50. The van der Waals surface area contributed by atoms with Gasteiger partial charge in [-0.05, 0) is 82.7 Å². The van der Waals surface area contributed by atoms with Crippen molar-refractivity contribution in [1.82, 2.24) is 5.32 Å². The molecule has 1 atom stereocenters. The van der Waals surface area contributed by atoms with Gasteiger partial charge in [0.2, 0.25) is 13.5 Å². The first kappa shape index (κ1) is 23.5. The van der Waals surface area contributed by atoms with E-state index >= 15 is 0 Å². The average molecular weight is 376 g/mol. The highest BCUT2D eigenvalue weighted by Crippen LogP contribution is 2.34. The van der Waals surface area contributed by atoms with Crippen molar-refractivity contribution < 1.29 is 18.8 Å². The summed E-state index contributed by atoms with van der Waals surface area (Å²) in [5.74, 6) is 11.8. The monoisotopic (exact) mass is 376 g/mol. The molecule has 134 valence electrons. The van der Waals surface area contributed by atoms with Gasteiger partial charge in [0.15, 0.2) is 0 Å². The Morgan fingerprint density at radius 1 is 1.11 bits per heavy atom. The van der Waals surface area contributed by atoms with E-state index in [-0.39, 0.29) is 19.1 Å². The van der Waals surface area contributed by atoms with Crippen LogP contribution in [0.5, 0.6) is 0 Å². The molecule has 0 aromatic rings. The SMILES string of the molecule is C=C=C=C=C=C=C=C=C(C#CC#CC#CP(=O)([O-])OCCNC(C)=O)CC. The van der Waals surface area contributed by atoms with E-state index < -0.39 is 7.60 Å². The Kier molecular flexibility index (Phi) is 12.9. The van der Waals surface area contributed by atoms with Gasteiger partial charge >= 0.3 is 0 Å². The lowest BCUT2D eigenvalue weighted by molar-refractivity contribution is -0.193. The number of amides is 1. The maximum Gasteiger partial charge on any atom is 0.216 e. The van der Waals surface area contributed by atoms with Gasteiger partial charge in [0, 0.05) is 13.5 Å². The summed E-state index contributed by atoms with van der Waals surface area (Å²) in [6.07, 6.45) is 0.596. The number of rotatable bonds is 5. The van der Waals surface area contributed by atoms with Crippen LogP contribution >= 0.6 is 7.60 Å². The van der Waals surface area contributed by atoms with Crippen LogP contribution in [-0.2, 0) is 13.9 Å². The van der Waals surface area contributed by atoms with Gasteiger partial charge in [-0.15, -0.1) is 0 Å². The van der Waals surface area contributed by atoms with Crippen LogP contribution in [0.2, 0.25) is 0 Å². The van der Waals surface area contributed by atoms with Crippen LogP contribution in [-0.4, -0.2) is 19.1 Å². The van der Waals surface area contributed by atoms with Gasteiger partial charge < -0.3 is 14.7 Å². The second-order valence-corrected chi connectivity index (χ2v) is 5.79. The Balaban J connectivity index is 5.00. The van der Waals surface area contributed by atoms with Crippen molar-refractivity contribution in [3.05, 3.63) is 52.3 Å². The zero-order valence-corrected chi connectivity index (χ0v) is 15.8. The number of allylic oxidation sites excluding steroid dienone is 1. The first-order chi connectivity index (χ1) is 12.9. The van der Waals surface area contributed by atoms with E-state index in [1.807, 2.05) is 12.6 Å². The lowest BCUT2D eigenvalue weighted by atomic mass is 10.2. The van der Waals surface area contributed by atoms with Crippen molar-refractivity contribution in [2.75, 3.05) is 13.2 Å². The maximum absolute atomic E-state index is 11.4. The van der Waals surface area contributed by atoms with E-state index in [0.717, 1.165) is 0 Å². The minimum absolute atomic E-state index is 0.0702. The number of nitrogens with one attached hydrogen (secondary N) is 1. The molecule has 0 aromatic heterocycles. The van der Waals surface area contributed by atoms with E-state index in [2.05, 4.69) is 86.1 Å². The lowest BCUT2D eigenvalue weighted by Gasteiger charge is -2.16. The lowest BCUT2D eigenvalue weighted by Crippen LogP contribution is -2.24. The highest BCUT2D eigenvalue weighted by atomic mass is 31.2. The molecule has 6 heteroatoms. The topological polar surface area (TPSA) is 78.5 Å². The summed E-state index contributed by atoms with van der Waals surface area (Å²) in [7, 11) is -4.33. The molecular weight excluding hydrogens is 361 g/mol. The highest BCUT2D eigenvalue weighted by molar-refractivity contribution is 7.56. The van der Waals surface area contributed by atoms with Crippen molar-refractivity contribution in [2.24, 2.45) is 0 Å². The van der Waals surface area contributed by atoms with E-state index in [4.69, 9.17) is 0 Å². The molecule has 0 spiro atoms. The number of hydrogen-bond acceptors (Lipinski definition) is 4. The van der Waals surface area contributed by atoms with Gasteiger partial charge in [-0.2, -0.15) is 0 Å². The molecule has 27 heavy (non-hydrogen) atoms. The minimum atomic E-state index is -4.33. The first-order valence-corrected chi connectivity index (χ1v) is 9.07. The Labute approximate surface area is 159 Å². The van der Waals surface area contributed by atoms with Gasteiger partial charge in [0.25, 0.3) is 0 Å². The normalized spacial score (nSPS) is 9.44. The third-order valence-electron chi connectivity index (χ3n) is 2.24. The number of carbonyl (C=O) groups excluding carboxylic acids is 1. The standard InChI is InChI=1S/C21H16NO4P/c1-4-6-7-8-9-12-15-21(5-2)16-13-10-11-14-19-27(24,25)26-18-17-22-20(3)23/h1,5,17-18H2,2-3H3,(H,22,23)(H,24,25)/p-1. The van der Waals surface area contributed by atoms with Crippen LogP contribution in [0.15, 0.2) is 52.3 Å². The van der Waals surface area contributed by atoms with Crippen molar-refractivity contribution in [2.45, 2.75) is 20.3 Å². The smallest absolute Gasteiger partial charge is 0.216 e. The molecule has 0 aromatic carbocycles. The molecule has 1 N–H and O–H groups in total. The highest BCUT2D eigenvalue weighted by Gasteiger charge is 2.02. The van der Waals surface area contributed by atoms with Crippen LogP contribution in [0, 0.1) is 35.3 Å². The van der Waals surface area contributed by atoms with Crippen LogP contribution in [0.1, 0.15) is 20.3 Å². The van der Waals surface area contributed by atoms with Crippen LogP contribution < -0.4 is 10.2 Å². The largest absolute Gasteiger partial charge is 0.769 e. The molecule has 0 radical (unpaired) electrons.